The smallest absolute Gasteiger partial charge is 0.456 e. The van der Waals surface area contributed by atoms with E-state index in [-0.39, 0.29) is 13.2 Å². The zero-order valence-electron chi connectivity index (χ0n) is 8.60. The molecular weight excluding hydrogens is 223 g/mol. The number of terminal acetylenes is 1. The molecule has 6 nitrogen and oxygen atoms in total. The van der Waals surface area contributed by atoms with Crippen molar-refractivity contribution < 1.29 is 27.7 Å². The van der Waals surface area contributed by atoms with Crippen LogP contribution in [-0.4, -0.2) is 33.4 Å². The van der Waals surface area contributed by atoms with Gasteiger partial charge in [0.1, 0.15) is 0 Å². The van der Waals surface area contributed by atoms with Crippen LogP contribution in [-0.2, 0) is 27.7 Å². The van der Waals surface area contributed by atoms with Gasteiger partial charge < -0.3 is 4.74 Å². The number of rotatable bonds is 7. The summed E-state index contributed by atoms with van der Waals surface area (Å²) in [5, 5.41) is 0. The molecule has 0 amide bonds. The average Bonchev–Trinajstić information content (AvgIpc) is 2.27. The van der Waals surface area contributed by atoms with Crippen molar-refractivity contribution in [3.05, 3.63) is 0 Å². The number of carbonyl (C=O) groups is 1. The third kappa shape index (κ3) is 6.26. The maximum absolute atomic E-state index is 11.3. The van der Waals surface area contributed by atoms with Gasteiger partial charge in [-0.05, 0) is 0 Å². The second kappa shape index (κ2) is 7.43. The maximum atomic E-state index is 11.3. The molecular formula is C8H13O6P. The van der Waals surface area contributed by atoms with E-state index in [4.69, 9.17) is 10.9 Å². The first-order valence-corrected chi connectivity index (χ1v) is 5.53. The van der Waals surface area contributed by atoms with Gasteiger partial charge in [0.2, 0.25) is 0 Å². The van der Waals surface area contributed by atoms with E-state index in [2.05, 4.69) is 13.8 Å². The van der Waals surface area contributed by atoms with Gasteiger partial charge in [-0.2, -0.15) is 0 Å². The van der Waals surface area contributed by atoms with Gasteiger partial charge in [0.25, 0.3) is 0 Å². The molecule has 0 radical (unpaired) electrons. The molecule has 0 aromatic heterocycles. The van der Waals surface area contributed by atoms with Crippen LogP contribution in [0.5, 0.6) is 0 Å². The summed E-state index contributed by atoms with van der Waals surface area (Å²) in [6.07, 6.45) is 5.11. The minimum atomic E-state index is -3.43. The maximum Gasteiger partial charge on any atom is 0.474 e. The van der Waals surface area contributed by atoms with Gasteiger partial charge in [0, 0.05) is 26.6 Å². The second-order valence-corrected chi connectivity index (χ2v) is 4.16. The van der Waals surface area contributed by atoms with Crippen molar-refractivity contribution in [1.29, 1.82) is 0 Å². The van der Waals surface area contributed by atoms with Crippen LogP contribution in [0.25, 0.3) is 0 Å². The molecule has 0 aromatic rings. The molecule has 0 aliphatic heterocycles. The Balaban J connectivity index is 3.59. The molecule has 0 fully saturated rings. The fraction of sp³-hybridized carbons (Fsp3) is 0.625. The number of esters is 1. The zero-order chi connectivity index (χ0) is 11.7. The Morgan fingerprint density at radius 2 is 1.93 bits per heavy atom. The first-order valence-electron chi connectivity index (χ1n) is 4.07. The standard InChI is InChI=1S/C8H13O6P/c1-4-8(9)13-6-5-7-14-15(10,11-2)12-3/h1H,5-7H2,2-3H3. The Morgan fingerprint density at radius 3 is 2.40 bits per heavy atom. The van der Waals surface area contributed by atoms with E-state index >= 15 is 0 Å². The van der Waals surface area contributed by atoms with Crippen LogP contribution in [0.15, 0.2) is 0 Å². The molecule has 0 aliphatic carbocycles. The third-order valence-corrected chi connectivity index (χ3v) is 2.73. The van der Waals surface area contributed by atoms with E-state index < -0.39 is 13.8 Å². The molecule has 0 aliphatic rings. The van der Waals surface area contributed by atoms with Crippen molar-refractivity contribution in [3.8, 4) is 12.3 Å². The molecule has 15 heavy (non-hydrogen) atoms. The molecule has 0 atom stereocenters. The SMILES string of the molecule is C#CC(=O)OCCCOP(=O)(OC)OC. The van der Waals surface area contributed by atoms with E-state index in [1.165, 1.54) is 14.2 Å². The molecule has 86 valence electrons. The van der Waals surface area contributed by atoms with Crippen molar-refractivity contribution in [2.45, 2.75) is 6.42 Å². The van der Waals surface area contributed by atoms with Crippen LogP contribution in [0, 0.1) is 12.3 Å². The fourth-order valence-electron chi connectivity index (χ4n) is 0.622. The van der Waals surface area contributed by atoms with Crippen molar-refractivity contribution in [1.82, 2.24) is 0 Å². The van der Waals surface area contributed by atoms with Gasteiger partial charge in [-0.15, -0.1) is 6.42 Å². The topological polar surface area (TPSA) is 71.1 Å². The lowest BCUT2D eigenvalue weighted by atomic mass is 10.5. The second-order valence-electron chi connectivity index (χ2n) is 2.28. The van der Waals surface area contributed by atoms with E-state index in [1.54, 1.807) is 5.92 Å². The lowest BCUT2D eigenvalue weighted by Crippen LogP contribution is -2.05. The quantitative estimate of drug-likeness (QED) is 0.215. The molecule has 0 bridgehead atoms. The van der Waals surface area contributed by atoms with Gasteiger partial charge in [-0.1, -0.05) is 0 Å². The van der Waals surface area contributed by atoms with Crippen LogP contribution in [0.3, 0.4) is 0 Å². The van der Waals surface area contributed by atoms with Crippen LogP contribution in [0.2, 0.25) is 0 Å². The van der Waals surface area contributed by atoms with E-state index in [0.29, 0.717) is 6.42 Å². The fourth-order valence-corrected chi connectivity index (χ4v) is 1.33. The molecule has 0 aromatic carbocycles. The number of carbonyl (C=O) groups excluding carboxylic acids is 1. The van der Waals surface area contributed by atoms with E-state index in [1.807, 2.05) is 0 Å². The highest BCUT2D eigenvalue weighted by Gasteiger charge is 2.21. The minimum absolute atomic E-state index is 0.0802. The molecule has 0 unspecified atom stereocenters. The minimum Gasteiger partial charge on any atom is -0.456 e. The van der Waals surface area contributed by atoms with Gasteiger partial charge in [-0.25, -0.2) is 9.36 Å². The summed E-state index contributed by atoms with van der Waals surface area (Å²) in [7, 11) is -1.01. The Morgan fingerprint density at radius 1 is 1.33 bits per heavy atom. The number of hydrogen-bond donors (Lipinski definition) is 0. The molecule has 0 spiro atoms. The van der Waals surface area contributed by atoms with Gasteiger partial charge in [-0.3, -0.25) is 13.6 Å². The highest BCUT2D eigenvalue weighted by Crippen LogP contribution is 2.47. The highest BCUT2D eigenvalue weighted by atomic mass is 31.2. The molecule has 0 N–H and O–H groups in total. The van der Waals surface area contributed by atoms with Gasteiger partial charge in [0.15, 0.2) is 0 Å². The summed E-state index contributed by atoms with van der Waals surface area (Å²) in [4.78, 5) is 10.5. The van der Waals surface area contributed by atoms with Crippen molar-refractivity contribution in [3.63, 3.8) is 0 Å². The Bertz CT molecular complexity index is 273. The Kier molecular flexibility index (Phi) is 7.01. The molecule has 0 saturated heterocycles. The third-order valence-electron chi connectivity index (χ3n) is 1.34. The first kappa shape index (κ1) is 14.1. The average molecular weight is 236 g/mol. The number of hydrogen-bond acceptors (Lipinski definition) is 6. The summed E-state index contributed by atoms with van der Waals surface area (Å²) in [6, 6.07) is 0. The molecule has 0 rings (SSSR count). The largest absolute Gasteiger partial charge is 0.474 e. The highest BCUT2D eigenvalue weighted by molar-refractivity contribution is 7.48. The van der Waals surface area contributed by atoms with Gasteiger partial charge >= 0.3 is 13.8 Å². The van der Waals surface area contributed by atoms with Crippen molar-refractivity contribution in [2.24, 2.45) is 0 Å². The van der Waals surface area contributed by atoms with E-state index in [9.17, 15) is 9.36 Å². The monoisotopic (exact) mass is 236 g/mol. The first-order chi connectivity index (χ1) is 7.08. The zero-order valence-corrected chi connectivity index (χ0v) is 9.49. The lowest BCUT2D eigenvalue weighted by molar-refractivity contribution is -0.136. The number of phosphoric ester groups is 1. The summed E-state index contributed by atoms with van der Waals surface area (Å²) >= 11 is 0. The summed E-state index contributed by atoms with van der Waals surface area (Å²) in [6.45, 7) is 0.174. The summed E-state index contributed by atoms with van der Waals surface area (Å²) < 4.78 is 29.7. The number of ether oxygens (including phenoxy) is 1. The molecule has 7 heteroatoms. The van der Waals surface area contributed by atoms with Crippen molar-refractivity contribution >= 4 is 13.8 Å². The van der Waals surface area contributed by atoms with Crippen LogP contribution < -0.4 is 0 Å². The normalized spacial score (nSPS) is 10.7. The van der Waals surface area contributed by atoms with Crippen molar-refractivity contribution in [2.75, 3.05) is 27.4 Å². The predicted octanol–water partition coefficient (Wildman–Crippen LogP) is 0.970. The van der Waals surface area contributed by atoms with Crippen LogP contribution in [0.4, 0.5) is 0 Å². The molecule has 0 heterocycles. The van der Waals surface area contributed by atoms with Crippen LogP contribution in [0.1, 0.15) is 6.42 Å². The lowest BCUT2D eigenvalue weighted by Gasteiger charge is -2.12. The summed E-state index contributed by atoms with van der Waals surface area (Å²) in [5.74, 6) is 1.05. The Labute approximate surface area is 88.5 Å². The number of phosphoric acid groups is 1. The predicted molar refractivity (Wildman–Crippen MR) is 52.0 cm³/mol. The summed E-state index contributed by atoms with van der Waals surface area (Å²) in [5.41, 5.74) is 0. The van der Waals surface area contributed by atoms with E-state index in [0.717, 1.165) is 0 Å². The van der Waals surface area contributed by atoms with Gasteiger partial charge in [0.05, 0.1) is 13.2 Å². The van der Waals surface area contributed by atoms with Crippen LogP contribution >= 0.6 is 7.82 Å². The molecule has 0 saturated carbocycles. The Hall–Kier alpha value is -0.860.